The minimum atomic E-state index is -0.226. The molecule has 0 spiro atoms. The smallest absolute Gasteiger partial charge is 0.237 e. The molecule has 3 aromatic rings. The first-order valence-electron chi connectivity index (χ1n) is 12.0. The summed E-state index contributed by atoms with van der Waals surface area (Å²) in [5, 5.41) is 39.4. The summed E-state index contributed by atoms with van der Waals surface area (Å²) in [6.45, 7) is 25.4. The molecular weight excluding hydrogens is 506 g/mol. The van der Waals surface area contributed by atoms with Crippen molar-refractivity contribution in [3.8, 4) is 24.3 Å². The van der Waals surface area contributed by atoms with Crippen molar-refractivity contribution in [2.45, 2.75) is 6.92 Å². The highest BCUT2D eigenvalue weighted by molar-refractivity contribution is 6.29. The zero-order chi connectivity index (χ0) is 29.3. The molecule has 7 heteroatoms. The number of allylic oxidation sites excluding steroid dienone is 7. The van der Waals surface area contributed by atoms with Crippen LogP contribution in [0.15, 0.2) is 72.1 Å². The van der Waals surface area contributed by atoms with Crippen LogP contribution < -0.4 is 0 Å². The number of aryl methyl sites for hydroxylation is 1. The van der Waals surface area contributed by atoms with Crippen molar-refractivity contribution in [3.05, 3.63) is 151 Å². The second-order valence-electron chi connectivity index (χ2n) is 9.09. The summed E-state index contributed by atoms with van der Waals surface area (Å²) in [5.41, 5.74) is 5.73. The van der Waals surface area contributed by atoms with Crippen LogP contribution in [0.25, 0.3) is 48.1 Å². The Labute approximate surface area is 236 Å². The summed E-state index contributed by atoms with van der Waals surface area (Å²) in [5.74, 6) is 0. The molecule has 0 amide bonds. The Bertz CT molecular complexity index is 2100. The third-order valence-electron chi connectivity index (χ3n) is 6.98. The zero-order valence-electron chi connectivity index (χ0n) is 21.4. The Morgan fingerprint density at radius 3 is 1.66 bits per heavy atom. The van der Waals surface area contributed by atoms with E-state index in [0.29, 0.717) is 55.7 Å². The molecule has 5 rings (SSSR count). The van der Waals surface area contributed by atoms with E-state index in [1.54, 1.807) is 36.4 Å². The number of fused-ring (bicyclic) bond motifs is 2. The molecule has 3 aromatic carbocycles. The van der Waals surface area contributed by atoms with Gasteiger partial charge in [0.15, 0.2) is 0 Å². The lowest BCUT2D eigenvalue weighted by Gasteiger charge is -2.12. The van der Waals surface area contributed by atoms with Crippen molar-refractivity contribution in [1.29, 1.82) is 21.0 Å². The fraction of sp³-hybridized carbons (Fsp3) is 0.0294. The number of hydrogen-bond donors (Lipinski definition) is 0. The molecule has 0 saturated carbocycles. The lowest BCUT2D eigenvalue weighted by Crippen LogP contribution is -1.94. The molecule has 7 nitrogen and oxygen atoms in total. The van der Waals surface area contributed by atoms with Gasteiger partial charge in [0.2, 0.25) is 5.70 Å². The van der Waals surface area contributed by atoms with Crippen molar-refractivity contribution in [1.82, 2.24) is 0 Å². The average Bonchev–Trinajstić information content (AvgIpc) is 3.50. The van der Waals surface area contributed by atoms with Crippen LogP contribution in [0.1, 0.15) is 44.5 Å². The number of rotatable bonds is 2. The molecule has 41 heavy (non-hydrogen) atoms. The number of nitrogens with zero attached hydrogens (tertiary/aromatic N) is 7. The van der Waals surface area contributed by atoms with Crippen LogP contribution in [-0.2, 0) is 0 Å². The molecule has 2 aliphatic rings. The largest absolute Gasteiger partial charge is 0.270 e. The van der Waals surface area contributed by atoms with Gasteiger partial charge in [-0.15, -0.1) is 0 Å². The van der Waals surface area contributed by atoms with E-state index in [2.05, 4.69) is 20.6 Å². The second-order valence-corrected chi connectivity index (χ2v) is 9.09. The van der Waals surface area contributed by atoms with E-state index in [4.69, 9.17) is 19.7 Å². The van der Waals surface area contributed by atoms with E-state index in [9.17, 15) is 21.0 Å². The molecule has 0 bridgehead atoms. The maximum absolute atomic E-state index is 10.3. The standard InChI is InChI=1S/C34H13N7/c1-19-5-9-22(10-6-19)31-33(29(18-38)40-3)25-13-23-24(14-26(25)34(31)41-4)32(28(17-37)39-2)30(27(23)16-36)21-11-7-20(15-35)8-12-21/h5-14H,1H3/b32-28+,33-29-. The summed E-state index contributed by atoms with van der Waals surface area (Å²) in [7, 11) is 0. The number of nitriles is 4. The van der Waals surface area contributed by atoms with Gasteiger partial charge < -0.3 is 0 Å². The molecule has 2 aliphatic carbocycles. The van der Waals surface area contributed by atoms with Crippen molar-refractivity contribution in [2.75, 3.05) is 0 Å². The summed E-state index contributed by atoms with van der Waals surface area (Å²) in [6.07, 6.45) is 0. The third-order valence-corrected chi connectivity index (χ3v) is 6.98. The number of hydrogen-bond acceptors (Lipinski definition) is 4. The van der Waals surface area contributed by atoms with Crippen molar-refractivity contribution >= 4 is 33.6 Å². The summed E-state index contributed by atoms with van der Waals surface area (Å²) in [6, 6.07) is 25.4. The molecule has 0 saturated heterocycles. The van der Waals surface area contributed by atoms with E-state index in [0.717, 1.165) is 5.56 Å². The van der Waals surface area contributed by atoms with Crippen molar-refractivity contribution < 1.29 is 0 Å². The molecule has 0 N–H and O–H groups in total. The minimum Gasteiger partial charge on any atom is -0.237 e. The predicted molar refractivity (Wildman–Crippen MR) is 153 cm³/mol. The maximum Gasteiger partial charge on any atom is 0.270 e. The minimum absolute atomic E-state index is 0.192. The third kappa shape index (κ3) is 3.84. The molecule has 0 aromatic heterocycles. The zero-order valence-corrected chi connectivity index (χ0v) is 21.4. The van der Waals surface area contributed by atoms with Crippen LogP contribution in [0.4, 0.5) is 0 Å². The van der Waals surface area contributed by atoms with Crippen LogP contribution >= 0.6 is 0 Å². The molecule has 0 radical (unpaired) electrons. The van der Waals surface area contributed by atoms with Gasteiger partial charge >= 0.3 is 0 Å². The van der Waals surface area contributed by atoms with E-state index < -0.39 is 0 Å². The van der Waals surface area contributed by atoms with Gasteiger partial charge in [0, 0.05) is 5.57 Å². The lowest BCUT2D eigenvalue weighted by atomic mass is 9.91. The average molecular weight is 520 g/mol. The normalized spacial score (nSPS) is 15.2. The topological polar surface area (TPSA) is 108 Å². The quantitative estimate of drug-likeness (QED) is 0.259. The molecule has 184 valence electrons. The Balaban J connectivity index is 1.91. The molecule has 0 atom stereocenters. The highest BCUT2D eigenvalue weighted by Crippen LogP contribution is 2.54. The fourth-order valence-corrected chi connectivity index (χ4v) is 5.20. The number of benzene rings is 3. The maximum atomic E-state index is 10.3. The van der Waals surface area contributed by atoms with Crippen molar-refractivity contribution in [3.63, 3.8) is 0 Å². The van der Waals surface area contributed by atoms with Crippen molar-refractivity contribution in [2.24, 2.45) is 0 Å². The van der Waals surface area contributed by atoms with Crippen LogP contribution in [0, 0.1) is 72.0 Å². The van der Waals surface area contributed by atoms with Gasteiger partial charge in [0.1, 0.15) is 6.07 Å². The summed E-state index contributed by atoms with van der Waals surface area (Å²) >= 11 is 0. The van der Waals surface area contributed by atoms with Gasteiger partial charge in [-0.3, -0.25) is 0 Å². The molecule has 0 heterocycles. The van der Waals surface area contributed by atoms with Crippen LogP contribution in [-0.4, -0.2) is 0 Å². The predicted octanol–water partition coefficient (Wildman–Crippen LogP) is 7.42. The lowest BCUT2D eigenvalue weighted by molar-refractivity contribution is 1.45. The van der Waals surface area contributed by atoms with Gasteiger partial charge in [-0.2, -0.15) is 10.5 Å². The Morgan fingerprint density at radius 1 is 0.634 bits per heavy atom. The molecule has 0 aliphatic heterocycles. The molecular formula is C34H13N7. The SMILES string of the molecule is [C-]#[N+]C1=C(c2ccc(C)cc2)/C(=C(/C#N)[N+]#[C-])c2cc3c(cc21)/C(=C(/C#N)[N+]#[C-])C(c1ccc(C#N)cc1)=C3C#N. The van der Waals surface area contributed by atoms with Crippen LogP contribution in [0.5, 0.6) is 0 Å². The first-order valence-corrected chi connectivity index (χ1v) is 12.0. The Hall–Kier alpha value is -6.95. The van der Waals surface area contributed by atoms with Gasteiger partial charge in [-0.25, -0.2) is 25.1 Å². The molecule has 0 unspecified atom stereocenters. The van der Waals surface area contributed by atoms with Gasteiger partial charge in [-0.1, -0.05) is 48.0 Å². The van der Waals surface area contributed by atoms with Gasteiger partial charge in [0.05, 0.1) is 49.1 Å². The Morgan fingerprint density at radius 2 is 1.15 bits per heavy atom. The highest BCUT2D eigenvalue weighted by atomic mass is 14.7. The van der Waals surface area contributed by atoms with Gasteiger partial charge in [-0.05, 0) is 75.2 Å². The highest BCUT2D eigenvalue weighted by Gasteiger charge is 2.36. The first kappa shape index (κ1) is 25.7. The summed E-state index contributed by atoms with van der Waals surface area (Å²) < 4.78 is 0. The Kier molecular flexibility index (Phi) is 6.31. The van der Waals surface area contributed by atoms with Crippen LogP contribution in [0.3, 0.4) is 0 Å². The van der Waals surface area contributed by atoms with Crippen LogP contribution in [0.2, 0.25) is 0 Å². The van der Waals surface area contributed by atoms with E-state index >= 15 is 0 Å². The van der Waals surface area contributed by atoms with E-state index in [1.807, 2.05) is 49.4 Å². The fourth-order valence-electron chi connectivity index (χ4n) is 5.20. The van der Waals surface area contributed by atoms with Gasteiger partial charge in [0.25, 0.3) is 11.4 Å². The summed E-state index contributed by atoms with van der Waals surface area (Å²) in [4.78, 5) is 10.7. The molecule has 0 fully saturated rings. The van der Waals surface area contributed by atoms with E-state index in [1.165, 1.54) is 0 Å². The van der Waals surface area contributed by atoms with E-state index in [-0.39, 0.29) is 28.2 Å². The second kappa shape index (κ2) is 10.1. The first-order chi connectivity index (χ1) is 20.0. The monoisotopic (exact) mass is 519 g/mol.